The van der Waals surface area contributed by atoms with Crippen LogP contribution in [-0.4, -0.2) is 108 Å². The summed E-state index contributed by atoms with van der Waals surface area (Å²) < 4.78 is 21.8. The van der Waals surface area contributed by atoms with Gasteiger partial charge in [0, 0.05) is 42.5 Å². The molecule has 0 atom stereocenters. The number of aliphatic hydroxyl groups excluding tert-OH is 2. The third-order valence-corrected chi connectivity index (χ3v) is 13.4. The van der Waals surface area contributed by atoms with Crippen molar-refractivity contribution in [2.75, 3.05) is 77.9 Å². The number of hydrogen-bond acceptors (Lipinski definition) is 8. The lowest BCUT2D eigenvalue weighted by molar-refractivity contribution is -0.134. The van der Waals surface area contributed by atoms with Crippen molar-refractivity contribution in [2.24, 2.45) is 16.2 Å². The molecule has 0 aliphatic carbocycles. The number of ether oxygens (including phenoxy) is 3. The molecule has 4 N–H and O–H groups in total. The normalized spacial score (nSPS) is 21.6. The van der Waals surface area contributed by atoms with E-state index in [4.69, 9.17) is 28.8 Å². The van der Waals surface area contributed by atoms with Gasteiger partial charge in [-0.2, -0.15) is 0 Å². The molecule has 0 aromatic carbocycles. The van der Waals surface area contributed by atoms with E-state index in [1.54, 1.807) is 0 Å². The molecule has 0 saturated carbocycles. The van der Waals surface area contributed by atoms with Crippen molar-refractivity contribution < 1.29 is 28.8 Å². The largest absolute Gasteiger partial charge is 0.416 e. The first-order valence-corrected chi connectivity index (χ1v) is 17.7. The monoisotopic (exact) mass is 612 g/mol. The summed E-state index contributed by atoms with van der Waals surface area (Å²) in [5, 5.41) is 25.7. The molecule has 3 rings (SSSR count). The molecule has 10 heteroatoms. The van der Waals surface area contributed by atoms with Crippen LogP contribution in [0.15, 0.2) is 0 Å². The molecule has 222 valence electrons. The number of aliphatic hydroxyl groups is 2. The van der Waals surface area contributed by atoms with Crippen molar-refractivity contribution in [1.29, 1.82) is 0 Å². The second-order valence-corrected chi connectivity index (χ2v) is 18.9. The van der Waals surface area contributed by atoms with E-state index in [2.05, 4.69) is 88.1 Å². The molecule has 0 radical (unpaired) electrons. The van der Waals surface area contributed by atoms with E-state index in [-0.39, 0.29) is 34.5 Å². The van der Waals surface area contributed by atoms with Gasteiger partial charge in [0.25, 0.3) is 0 Å². The molecule has 0 amide bonds. The fraction of sp³-hybridized carbons (Fsp3) is 1.00. The third-order valence-electron chi connectivity index (χ3n) is 7.72. The van der Waals surface area contributed by atoms with Crippen molar-refractivity contribution in [3.8, 4) is 0 Å². The Morgan fingerprint density at radius 3 is 1.38 bits per heavy atom. The standard InChI is InChI=1S/C14H31NO2Si.C8H17NO2.C5H9BrO2/c1-12(2)15-8-14(9-16-10-14)11-17-18(6,7)13(3,4)5;1-7(2)9-3-8(4-10)5-11-6-8;6-1-5(2-7)3-8-4-5/h12,15H,8-11H2,1-7H3;7,9-10H,3-6H2,1-2H3;7H,1-4H2. The van der Waals surface area contributed by atoms with Gasteiger partial charge in [-0.15, -0.1) is 0 Å². The first-order valence-electron chi connectivity index (χ1n) is 13.7. The zero-order valence-corrected chi connectivity index (χ0v) is 27.6. The number of nitrogens with one attached hydrogen (secondary N) is 2. The zero-order valence-electron chi connectivity index (χ0n) is 25.0. The molecule has 3 fully saturated rings. The molecule has 0 spiro atoms. The molecule has 3 heterocycles. The van der Waals surface area contributed by atoms with Crippen LogP contribution in [0.4, 0.5) is 0 Å². The van der Waals surface area contributed by atoms with Crippen LogP contribution in [0.3, 0.4) is 0 Å². The van der Waals surface area contributed by atoms with Crippen molar-refractivity contribution in [3.63, 3.8) is 0 Å². The molecule has 0 unspecified atom stereocenters. The summed E-state index contributed by atoms with van der Waals surface area (Å²) in [6.07, 6.45) is 0. The van der Waals surface area contributed by atoms with Crippen molar-refractivity contribution in [3.05, 3.63) is 0 Å². The summed E-state index contributed by atoms with van der Waals surface area (Å²) in [6.45, 7) is 27.7. The highest BCUT2D eigenvalue weighted by Crippen LogP contribution is 2.38. The summed E-state index contributed by atoms with van der Waals surface area (Å²) in [6, 6.07) is 1.01. The minimum Gasteiger partial charge on any atom is -0.416 e. The number of rotatable bonds is 12. The first kappa shape index (κ1) is 35.4. The fourth-order valence-electron chi connectivity index (χ4n) is 3.26. The quantitative estimate of drug-likeness (QED) is 0.196. The maximum absolute atomic E-state index is 9.03. The Balaban J connectivity index is 0.000000305. The molecule has 3 aliphatic rings. The van der Waals surface area contributed by atoms with E-state index in [9.17, 15) is 0 Å². The molecular weight excluding hydrogens is 556 g/mol. The number of hydrogen-bond donors (Lipinski definition) is 4. The highest BCUT2D eigenvalue weighted by molar-refractivity contribution is 9.09. The van der Waals surface area contributed by atoms with Gasteiger partial charge in [0.2, 0.25) is 0 Å². The summed E-state index contributed by atoms with van der Waals surface area (Å²) in [4.78, 5) is 0. The molecule has 0 aromatic heterocycles. The third kappa shape index (κ3) is 11.4. The van der Waals surface area contributed by atoms with Gasteiger partial charge < -0.3 is 39.5 Å². The van der Waals surface area contributed by atoms with Crippen LogP contribution in [0.1, 0.15) is 48.5 Å². The highest BCUT2D eigenvalue weighted by Gasteiger charge is 2.44. The Hall–Kier alpha value is 0.377. The topological polar surface area (TPSA) is 101 Å². The Labute approximate surface area is 236 Å². The first-order chi connectivity index (χ1) is 17.1. The molecule has 3 saturated heterocycles. The average Bonchev–Trinajstić information content (AvgIpc) is 2.72. The predicted molar refractivity (Wildman–Crippen MR) is 157 cm³/mol. The van der Waals surface area contributed by atoms with Gasteiger partial charge >= 0.3 is 0 Å². The molecular formula is C27H57BrN2O6Si. The Kier molecular flexibility index (Phi) is 14.7. The van der Waals surface area contributed by atoms with Crippen LogP contribution in [0.5, 0.6) is 0 Å². The van der Waals surface area contributed by atoms with E-state index in [1.807, 2.05) is 0 Å². The van der Waals surface area contributed by atoms with Gasteiger partial charge in [0.05, 0.1) is 63.7 Å². The van der Waals surface area contributed by atoms with Crippen LogP contribution < -0.4 is 10.6 Å². The van der Waals surface area contributed by atoms with Gasteiger partial charge in [0.15, 0.2) is 8.32 Å². The Morgan fingerprint density at radius 1 is 0.784 bits per heavy atom. The maximum atomic E-state index is 9.03. The van der Waals surface area contributed by atoms with Gasteiger partial charge in [0.1, 0.15) is 0 Å². The van der Waals surface area contributed by atoms with Gasteiger partial charge in [-0.25, -0.2) is 0 Å². The van der Waals surface area contributed by atoms with Gasteiger partial charge in [-0.05, 0) is 18.1 Å². The van der Waals surface area contributed by atoms with Crippen molar-refractivity contribution in [2.45, 2.75) is 78.7 Å². The van der Waals surface area contributed by atoms with Crippen LogP contribution in [0.25, 0.3) is 0 Å². The molecule has 37 heavy (non-hydrogen) atoms. The van der Waals surface area contributed by atoms with Crippen LogP contribution in [0.2, 0.25) is 18.1 Å². The fourth-order valence-corrected chi connectivity index (χ4v) is 4.86. The second-order valence-electron chi connectivity index (χ2n) is 13.5. The van der Waals surface area contributed by atoms with Crippen LogP contribution >= 0.6 is 15.9 Å². The van der Waals surface area contributed by atoms with E-state index in [0.717, 1.165) is 38.2 Å². The van der Waals surface area contributed by atoms with Crippen LogP contribution in [0, 0.1) is 16.2 Å². The SMILES string of the molecule is CC(C)NCC1(CO)COC1.CC(C)NCC1(CO[Si](C)(C)C(C)(C)C)COC1.OCC1(CBr)COC1. The van der Waals surface area contributed by atoms with Crippen molar-refractivity contribution >= 4 is 24.2 Å². The van der Waals surface area contributed by atoms with E-state index in [1.165, 1.54) is 0 Å². The molecule has 3 aliphatic heterocycles. The molecule has 8 nitrogen and oxygen atoms in total. The average molecular weight is 614 g/mol. The van der Waals surface area contributed by atoms with E-state index in [0.29, 0.717) is 38.5 Å². The van der Waals surface area contributed by atoms with Gasteiger partial charge in [-0.1, -0.05) is 64.4 Å². The molecule has 0 aromatic rings. The number of halogens is 1. The lowest BCUT2D eigenvalue weighted by Crippen LogP contribution is -2.56. The summed E-state index contributed by atoms with van der Waals surface area (Å²) in [7, 11) is -1.64. The number of alkyl halides is 1. The zero-order chi connectivity index (χ0) is 28.4. The predicted octanol–water partition coefficient (Wildman–Crippen LogP) is 3.41. The highest BCUT2D eigenvalue weighted by atomic mass is 79.9. The van der Waals surface area contributed by atoms with Crippen LogP contribution in [-0.2, 0) is 18.6 Å². The summed E-state index contributed by atoms with van der Waals surface area (Å²) in [5.74, 6) is 0. The minimum absolute atomic E-state index is 0.0181. The van der Waals surface area contributed by atoms with E-state index >= 15 is 0 Å². The molecule has 0 bridgehead atoms. The van der Waals surface area contributed by atoms with E-state index < -0.39 is 8.32 Å². The van der Waals surface area contributed by atoms with Gasteiger partial charge in [-0.3, -0.25) is 0 Å². The Morgan fingerprint density at radius 2 is 1.16 bits per heavy atom. The lowest BCUT2D eigenvalue weighted by atomic mass is 9.87. The summed E-state index contributed by atoms with van der Waals surface area (Å²) >= 11 is 3.30. The Bertz CT molecular complexity index is 614. The minimum atomic E-state index is -1.64. The summed E-state index contributed by atoms with van der Waals surface area (Å²) in [5.41, 5.74) is 0.282. The maximum Gasteiger partial charge on any atom is 0.192 e. The van der Waals surface area contributed by atoms with Crippen molar-refractivity contribution in [1.82, 2.24) is 10.6 Å². The second kappa shape index (κ2) is 15.4. The lowest BCUT2D eigenvalue weighted by Gasteiger charge is -2.45. The smallest absolute Gasteiger partial charge is 0.192 e.